The number of nitrogens with one attached hydrogen (secondary N) is 2. The van der Waals surface area contributed by atoms with E-state index in [1.54, 1.807) is 29.2 Å². The van der Waals surface area contributed by atoms with E-state index in [4.69, 9.17) is 0 Å². The van der Waals surface area contributed by atoms with E-state index in [1.165, 1.54) is 0 Å². The highest BCUT2D eigenvalue weighted by molar-refractivity contribution is 7.89. The first kappa shape index (κ1) is 25.3. The fourth-order valence-corrected chi connectivity index (χ4v) is 5.00. The van der Waals surface area contributed by atoms with Crippen LogP contribution in [0.2, 0.25) is 0 Å². The Kier molecular flexibility index (Phi) is 7.97. The molecule has 0 aliphatic carbocycles. The fraction of sp³-hybridized carbons (Fsp3) is 0.231. The molecule has 0 bridgehead atoms. The Hall–Kier alpha value is -3.76. The Balaban J connectivity index is 1.32. The number of sulfonamides is 1. The molecule has 2 amide bonds. The maximum Gasteiger partial charge on any atom is 0.256 e. The van der Waals surface area contributed by atoms with Crippen LogP contribution >= 0.6 is 0 Å². The van der Waals surface area contributed by atoms with Gasteiger partial charge in [0.15, 0.2) is 0 Å². The molecule has 1 saturated heterocycles. The molecule has 10 heteroatoms. The highest BCUT2D eigenvalue weighted by Gasteiger charge is 2.24. The summed E-state index contributed by atoms with van der Waals surface area (Å²) < 4.78 is 40.0. The van der Waals surface area contributed by atoms with E-state index in [9.17, 15) is 22.4 Å². The topological polar surface area (TPSA) is 98.8 Å². The van der Waals surface area contributed by atoms with Crippen LogP contribution in [0.5, 0.6) is 0 Å². The fourth-order valence-electron chi connectivity index (χ4n) is 3.96. The van der Waals surface area contributed by atoms with Gasteiger partial charge < -0.3 is 15.1 Å². The Labute approximate surface area is 209 Å². The van der Waals surface area contributed by atoms with Crippen LogP contribution in [0.1, 0.15) is 16.8 Å². The van der Waals surface area contributed by atoms with E-state index in [0.717, 1.165) is 30.0 Å². The number of halogens is 1. The molecule has 1 fully saturated rings. The van der Waals surface area contributed by atoms with E-state index in [1.807, 2.05) is 30.3 Å². The van der Waals surface area contributed by atoms with Crippen molar-refractivity contribution in [2.24, 2.45) is 0 Å². The van der Waals surface area contributed by atoms with E-state index in [2.05, 4.69) is 14.9 Å². The first-order chi connectivity index (χ1) is 17.3. The number of nitrogens with zero attached hydrogens (tertiary/aromatic N) is 2. The van der Waals surface area contributed by atoms with Gasteiger partial charge in [0.25, 0.3) is 5.91 Å². The summed E-state index contributed by atoms with van der Waals surface area (Å²) in [6.07, 6.45) is -0.140. The van der Waals surface area contributed by atoms with Crippen LogP contribution in [0.15, 0.2) is 83.8 Å². The number of carbonyl (C=O) groups excluding carboxylic acids is 2. The number of anilines is 2. The smallest absolute Gasteiger partial charge is 0.256 e. The molecule has 0 spiro atoms. The van der Waals surface area contributed by atoms with Crippen molar-refractivity contribution in [2.45, 2.75) is 11.3 Å². The molecule has 4 rings (SSSR count). The minimum atomic E-state index is -3.87. The van der Waals surface area contributed by atoms with Crippen molar-refractivity contribution in [2.75, 3.05) is 42.9 Å². The van der Waals surface area contributed by atoms with Crippen LogP contribution in [-0.2, 0) is 14.8 Å². The summed E-state index contributed by atoms with van der Waals surface area (Å²) in [5, 5.41) is 2.72. The quantitative estimate of drug-likeness (QED) is 0.485. The molecule has 3 aromatic carbocycles. The minimum absolute atomic E-state index is 0.0902. The number of carbonyl (C=O) groups is 2. The minimum Gasteiger partial charge on any atom is -0.368 e. The molecular weight excluding hydrogens is 483 g/mol. The second kappa shape index (κ2) is 11.3. The van der Waals surface area contributed by atoms with Crippen molar-refractivity contribution in [3.05, 3.63) is 90.2 Å². The van der Waals surface area contributed by atoms with Gasteiger partial charge in [-0.2, -0.15) is 0 Å². The number of rotatable bonds is 8. The van der Waals surface area contributed by atoms with Crippen LogP contribution in [0.3, 0.4) is 0 Å². The number of para-hydroxylation sites is 2. The van der Waals surface area contributed by atoms with Crippen LogP contribution in [-0.4, -0.2) is 57.9 Å². The van der Waals surface area contributed by atoms with Crippen molar-refractivity contribution in [1.29, 1.82) is 0 Å². The molecule has 1 aliphatic heterocycles. The van der Waals surface area contributed by atoms with Crippen molar-refractivity contribution < 1.29 is 22.4 Å². The highest BCUT2D eigenvalue weighted by atomic mass is 32.2. The number of hydrogen-bond donors (Lipinski definition) is 2. The lowest BCUT2D eigenvalue weighted by Gasteiger charge is -2.36. The maximum atomic E-state index is 13.2. The molecule has 0 saturated carbocycles. The summed E-state index contributed by atoms with van der Waals surface area (Å²) in [7, 11) is -3.87. The predicted molar refractivity (Wildman–Crippen MR) is 136 cm³/mol. The van der Waals surface area contributed by atoms with Gasteiger partial charge in [0.2, 0.25) is 15.9 Å². The second-order valence-corrected chi connectivity index (χ2v) is 10.1. The van der Waals surface area contributed by atoms with Crippen molar-refractivity contribution >= 4 is 33.2 Å². The zero-order valence-electron chi connectivity index (χ0n) is 19.6. The molecule has 2 N–H and O–H groups in total. The van der Waals surface area contributed by atoms with Crippen molar-refractivity contribution in [3.8, 4) is 0 Å². The number of benzene rings is 3. The summed E-state index contributed by atoms with van der Waals surface area (Å²) in [6, 6.07) is 21.2. The summed E-state index contributed by atoms with van der Waals surface area (Å²) in [5.74, 6) is -1.15. The molecule has 1 aliphatic rings. The molecule has 8 nitrogen and oxygen atoms in total. The van der Waals surface area contributed by atoms with E-state index in [-0.39, 0.29) is 23.8 Å². The monoisotopic (exact) mass is 510 g/mol. The lowest BCUT2D eigenvalue weighted by molar-refractivity contribution is -0.116. The molecular formula is C26H27FN4O4S. The van der Waals surface area contributed by atoms with E-state index in [0.29, 0.717) is 37.4 Å². The second-order valence-electron chi connectivity index (χ2n) is 8.31. The number of hydrogen-bond acceptors (Lipinski definition) is 5. The Morgan fingerprint density at radius 3 is 2.17 bits per heavy atom. The average molecular weight is 511 g/mol. The maximum absolute atomic E-state index is 13.2. The summed E-state index contributed by atoms with van der Waals surface area (Å²) in [4.78, 5) is 29.6. The van der Waals surface area contributed by atoms with Crippen LogP contribution in [0.25, 0.3) is 0 Å². The molecule has 0 aromatic heterocycles. The zero-order chi connectivity index (χ0) is 25.5. The Morgan fingerprint density at radius 1 is 0.833 bits per heavy atom. The third kappa shape index (κ3) is 6.27. The average Bonchev–Trinajstić information content (AvgIpc) is 2.89. The standard InChI is InChI=1S/C26H27FN4O4S/c27-20-10-12-22(13-11-20)36(34,35)28-15-14-25(32)29-24-9-5-4-8-23(24)26(33)31-18-16-30(17-19-31)21-6-2-1-3-7-21/h1-13,28H,14-19H2,(H,29,32). The lowest BCUT2D eigenvalue weighted by Crippen LogP contribution is -2.48. The van der Waals surface area contributed by atoms with Gasteiger partial charge in [-0.1, -0.05) is 30.3 Å². The van der Waals surface area contributed by atoms with Crippen LogP contribution < -0.4 is 14.9 Å². The molecule has 3 aromatic rings. The van der Waals surface area contributed by atoms with Crippen LogP contribution in [0.4, 0.5) is 15.8 Å². The number of amides is 2. The van der Waals surface area contributed by atoms with Gasteiger partial charge in [0, 0.05) is 44.8 Å². The van der Waals surface area contributed by atoms with E-state index >= 15 is 0 Å². The van der Waals surface area contributed by atoms with Gasteiger partial charge >= 0.3 is 0 Å². The van der Waals surface area contributed by atoms with Crippen molar-refractivity contribution in [3.63, 3.8) is 0 Å². The van der Waals surface area contributed by atoms with Gasteiger partial charge in [-0.3, -0.25) is 9.59 Å². The van der Waals surface area contributed by atoms with Gasteiger partial charge in [-0.05, 0) is 48.5 Å². The van der Waals surface area contributed by atoms with Gasteiger partial charge in [0.05, 0.1) is 16.1 Å². The lowest BCUT2D eigenvalue weighted by atomic mass is 10.1. The number of piperazine rings is 1. The third-order valence-electron chi connectivity index (χ3n) is 5.89. The summed E-state index contributed by atoms with van der Waals surface area (Å²) >= 11 is 0. The Bertz CT molecular complexity index is 1310. The summed E-state index contributed by atoms with van der Waals surface area (Å²) in [6.45, 7) is 2.38. The summed E-state index contributed by atoms with van der Waals surface area (Å²) in [5.41, 5.74) is 1.87. The van der Waals surface area contributed by atoms with Gasteiger partial charge in [-0.25, -0.2) is 17.5 Å². The normalized spacial score (nSPS) is 13.9. The SMILES string of the molecule is O=C(CCNS(=O)(=O)c1ccc(F)cc1)Nc1ccccc1C(=O)N1CCN(c2ccccc2)CC1. The van der Waals surface area contributed by atoms with Crippen LogP contribution in [0, 0.1) is 5.82 Å². The largest absolute Gasteiger partial charge is 0.368 e. The molecule has 188 valence electrons. The first-order valence-electron chi connectivity index (χ1n) is 11.6. The van der Waals surface area contributed by atoms with E-state index < -0.39 is 21.7 Å². The van der Waals surface area contributed by atoms with Crippen molar-refractivity contribution in [1.82, 2.24) is 9.62 Å². The molecule has 36 heavy (non-hydrogen) atoms. The van der Waals surface area contributed by atoms with Gasteiger partial charge in [-0.15, -0.1) is 0 Å². The molecule has 0 atom stereocenters. The predicted octanol–water partition coefficient (Wildman–Crippen LogP) is 3.10. The molecule has 0 radical (unpaired) electrons. The Morgan fingerprint density at radius 2 is 1.47 bits per heavy atom. The third-order valence-corrected chi connectivity index (χ3v) is 7.36. The highest BCUT2D eigenvalue weighted by Crippen LogP contribution is 2.21. The van der Waals surface area contributed by atoms with Gasteiger partial charge in [0.1, 0.15) is 5.82 Å². The molecule has 1 heterocycles. The zero-order valence-corrected chi connectivity index (χ0v) is 20.4. The molecule has 0 unspecified atom stereocenters. The first-order valence-corrected chi connectivity index (χ1v) is 13.1.